The van der Waals surface area contributed by atoms with Crippen LogP contribution < -0.4 is 0 Å². The number of hydrogen-bond acceptors (Lipinski definition) is 3. The largest absolute Gasteiger partial charge is 0.478 e. The Labute approximate surface area is 188 Å². The van der Waals surface area contributed by atoms with Gasteiger partial charge in [0.2, 0.25) is 0 Å². The second-order valence-corrected chi connectivity index (χ2v) is 7.88. The summed E-state index contributed by atoms with van der Waals surface area (Å²) >= 11 is 0. The Bertz CT molecular complexity index is 1230. The number of halogens is 6. The molecule has 0 aliphatic heterocycles. The molecule has 34 heavy (non-hydrogen) atoms. The zero-order chi connectivity index (χ0) is 24.8. The molecule has 0 saturated heterocycles. The van der Waals surface area contributed by atoms with E-state index in [0.29, 0.717) is 42.3 Å². The molecule has 1 unspecified atom stereocenters. The third-order valence-electron chi connectivity index (χ3n) is 5.79. The van der Waals surface area contributed by atoms with Crippen molar-refractivity contribution in [3.8, 4) is 11.3 Å². The van der Waals surface area contributed by atoms with Crippen LogP contribution in [0.1, 0.15) is 61.9 Å². The molecular weight excluding hydrogens is 466 g/mol. The van der Waals surface area contributed by atoms with Gasteiger partial charge >= 0.3 is 18.3 Å². The van der Waals surface area contributed by atoms with Crippen molar-refractivity contribution in [1.29, 1.82) is 0 Å². The first-order valence-electron chi connectivity index (χ1n) is 10.1. The standard InChI is InChI=1S/C23H16F6N2O3/c24-22(25,26)14-4-2-5-15(23(27,28)29)18(14)20(32)13-3-1-6-16-17(13)19(31-30-16)11-7-9-12(10-8-11)21(33)34/h2,4-5,7-10,13H,1,3,6H2,(H,30,31)(H,33,34). The summed E-state index contributed by atoms with van der Waals surface area (Å²) in [6, 6.07) is 6.97. The van der Waals surface area contributed by atoms with Crippen LogP contribution in [-0.2, 0) is 18.8 Å². The molecule has 11 heteroatoms. The maximum atomic E-state index is 13.6. The summed E-state index contributed by atoms with van der Waals surface area (Å²) in [4.78, 5) is 24.5. The van der Waals surface area contributed by atoms with Gasteiger partial charge in [-0.15, -0.1) is 0 Å². The van der Waals surface area contributed by atoms with Crippen LogP contribution in [0.15, 0.2) is 42.5 Å². The first kappa shape index (κ1) is 23.5. The molecule has 1 aliphatic carbocycles. The number of aromatic nitrogens is 2. The minimum absolute atomic E-state index is 0.0188. The van der Waals surface area contributed by atoms with E-state index in [1.54, 1.807) is 0 Å². The lowest BCUT2D eigenvalue weighted by Crippen LogP contribution is -2.25. The third-order valence-corrected chi connectivity index (χ3v) is 5.79. The number of aromatic amines is 1. The molecule has 1 aromatic heterocycles. The molecule has 2 N–H and O–H groups in total. The highest BCUT2D eigenvalue weighted by atomic mass is 19.4. The van der Waals surface area contributed by atoms with Gasteiger partial charge in [0, 0.05) is 22.4 Å². The molecule has 0 bridgehead atoms. The van der Waals surface area contributed by atoms with E-state index >= 15 is 0 Å². The lowest BCUT2D eigenvalue weighted by molar-refractivity contribution is -0.143. The summed E-state index contributed by atoms with van der Waals surface area (Å²) in [5, 5.41) is 15.9. The molecule has 1 aliphatic rings. The fourth-order valence-corrected chi connectivity index (χ4v) is 4.30. The number of rotatable bonds is 4. The van der Waals surface area contributed by atoms with Crippen LogP contribution >= 0.6 is 0 Å². The van der Waals surface area contributed by atoms with Gasteiger partial charge in [-0.3, -0.25) is 9.89 Å². The van der Waals surface area contributed by atoms with Gasteiger partial charge in [0.1, 0.15) is 0 Å². The molecule has 1 heterocycles. The van der Waals surface area contributed by atoms with E-state index in [4.69, 9.17) is 5.11 Å². The number of carbonyl (C=O) groups is 2. The van der Waals surface area contributed by atoms with Gasteiger partial charge in [0.05, 0.1) is 28.3 Å². The molecule has 2 aromatic carbocycles. The number of nitrogens with zero attached hydrogens (tertiary/aromatic N) is 1. The zero-order valence-corrected chi connectivity index (χ0v) is 17.2. The number of hydrogen-bond donors (Lipinski definition) is 2. The van der Waals surface area contributed by atoms with Crippen molar-refractivity contribution >= 4 is 11.8 Å². The van der Waals surface area contributed by atoms with Gasteiger partial charge in [-0.05, 0) is 43.5 Å². The molecule has 0 saturated carbocycles. The summed E-state index contributed by atoms with van der Waals surface area (Å²) in [5.74, 6) is -3.75. The molecular formula is C23H16F6N2O3. The van der Waals surface area contributed by atoms with Crippen LogP contribution in [0.3, 0.4) is 0 Å². The third kappa shape index (κ3) is 4.17. The summed E-state index contributed by atoms with van der Waals surface area (Å²) in [6.45, 7) is 0. The second-order valence-electron chi connectivity index (χ2n) is 7.88. The van der Waals surface area contributed by atoms with Crippen LogP contribution in [0.2, 0.25) is 0 Å². The number of H-pyrrole nitrogens is 1. The van der Waals surface area contributed by atoms with Gasteiger partial charge < -0.3 is 5.11 Å². The molecule has 1 atom stereocenters. The first-order chi connectivity index (χ1) is 15.9. The van der Waals surface area contributed by atoms with Gasteiger partial charge in [-0.25, -0.2) is 4.79 Å². The quantitative estimate of drug-likeness (QED) is 0.347. The topological polar surface area (TPSA) is 83.0 Å². The summed E-state index contributed by atoms with van der Waals surface area (Å²) in [6.07, 6.45) is -9.54. The normalized spacial score (nSPS) is 16.2. The Hall–Kier alpha value is -3.63. The van der Waals surface area contributed by atoms with Crippen LogP contribution in [0.25, 0.3) is 11.3 Å². The average molecular weight is 482 g/mol. The van der Waals surface area contributed by atoms with Gasteiger partial charge in [-0.2, -0.15) is 31.4 Å². The van der Waals surface area contributed by atoms with Crippen molar-refractivity contribution in [1.82, 2.24) is 10.2 Å². The number of nitrogens with one attached hydrogen (secondary N) is 1. The molecule has 0 amide bonds. The van der Waals surface area contributed by atoms with Crippen molar-refractivity contribution in [3.05, 3.63) is 76.0 Å². The van der Waals surface area contributed by atoms with Crippen molar-refractivity contribution < 1.29 is 41.0 Å². The zero-order valence-electron chi connectivity index (χ0n) is 17.2. The van der Waals surface area contributed by atoms with Gasteiger partial charge in [0.25, 0.3) is 0 Å². The predicted octanol–water partition coefficient (Wildman–Crippen LogP) is 6.12. The molecule has 0 spiro atoms. The molecule has 178 valence electrons. The number of carboxylic acids is 1. The number of Topliss-reactive ketones (excluding diaryl/α,β-unsaturated/α-hetero) is 1. The Morgan fingerprint density at radius 2 is 1.53 bits per heavy atom. The summed E-state index contributed by atoms with van der Waals surface area (Å²) in [7, 11) is 0. The number of carboxylic acid groups (broad SMARTS) is 1. The number of fused-ring (bicyclic) bond motifs is 1. The maximum absolute atomic E-state index is 13.6. The molecule has 0 fully saturated rings. The second kappa shape index (κ2) is 8.30. The molecule has 4 rings (SSSR count). The summed E-state index contributed by atoms with van der Waals surface area (Å²) in [5.41, 5.74) is -3.48. The van der Waals surface area contributed by atoms with Crippen molar-refractivity contribution in [3.63, 3.8) is 0 Å². The Morgan fingerprint density at radius 3 is 2.06 bits per heavy atom. The smallest absolute Gasteiger partial charge is 0.417 e. The van der Waals surface area contributed by atoms with Gasteiger partial charge in [0.15, 0.2) is 5.78 Å². The first-order valence-corrected chi connectivity index (χ1v) is 10.1. The van der Waals surface area contributed by atoms with E-state index in [0.717, 1.165) is 0 Å². The van der Waals surface area contributed by atoms with E-state index in [-0.39, 0.29) is 23.2 Å². The minimum atomic E-state index is -5.17. The molecule has 5 nitrogen and oxygen atoms in total. The average Bonchev–Trinajstić information content (AvgIpc) is 3.21. The van der Waals surface area contributed by atoms with E-state index in [1.807, 2.05) is 0 Å². The number of aromatic carboxylic acids is 1. The fourth-order valence-electron chi connectivity index (χ4n) is 4.30. The monoisotopic (exact) mass is 482 g/mol. The maximum Gasteiger partial charge on any atom is 0.417 e. The molecule has 0 radical (unpaired) electrons. The lowest BCUT2D eigenvalue weighted by atomic mass is 9.78. The number of alkyl halides is 6. The van der Waals surface area contributed by atoms with Crippen LogP contribution in [0.4, 0.5) is 26.3 Å². The van der Waals surface area contributed by atoms with Crippen molar-refractivity contribution in [2.45, 2.75) is 37.5 Å². The van der Waals surface area contributed by atoms with Crippen LogP contribution in [0.5, 0.6) is 0 Å². The van der Waals surface area contributed by atoms with E-state index < -0.39 is 46.7 Å². The summed E-state index contributed by atoms with van der Waals surface area (Å²) < 4.78 is 81.8. The van der Waals surface area contributed by atoms with Crippen molar-refractivity contribution in [2.24, 2.45) is 0 Å². The Morgan fingerprint density at radius 1 is 0.941 bits per heavy atom. The highest BCUT2D eigenvalue weighted by Crippen LogP contribution is 2.45. The predicted molar refractivity (Wildman–Crippen MR) is 107 cm³/mol. The highest BCUT2D eigenvalue weighted by Gasteiger charge is 2.45. The Kier molecular flexibility index (Phi) is 5.74. The lowest BCUT2D eigenvalue weighted by Gasteiger charge is -2.25. The Balaban J connectivity index is 1.86. The SMILES string of the molecule is O=C(O)c1ccc(-c2n[nH]c3c2C(C(=O)c2c(C(F)(F)F)cccc2C(F)(F)F)CCC3)cc1. The van der Waals surface area contributed by atoms with Crippen LogP contribution in [-0.4, -0.2) is 27.1 Å². The number of aryl methyl sites for hydroxylation is 1. The number of carbonyl (C=O) groups excluding carboxylic acids is 1. The van der Waals surface area contributed by atoms with Gasteiger partial charge in [-0.1, -0.05) is 18.2 Å². The van der Waals surface area contributed by atoms with E-state index in [9.17, 15) is 35.9 Å². The number of benzene rings is 2. The van der Waals surface area contributed by atoms with Crippen molar-refractivity contribution in [2.75, 3.05) is 0 Å². The van der Waals surface area contributed by atoms with E-state index in [1.165, 1.54) is 24.3 Å². The highest BCUT2D eigenvalue weighted by molar-refractivity contribution is 6.04. The minimum Gasteiger partial charge on any atom is -0.478 e. The number of ketones is 1. The fraction of sp³-hybridized carbons (Fsp3) is 0.261. The van der Waals surface area contributed by atoms with E-state index in [2.05, 4.69) is 10.2 Å². The van der Waals surface area contributed by atoms with Crippen LogP contribution in [0, 0.1) is 0 Å². The molecule has 3 aromatic rings.